The molecule has 5 nitrogen and oxygen atoms in total. The number of carboxylic acid groups (broad SMARTS) is 1. The summed E-state index contributed by atoms with van der Waals surface area (Å²) in [4.78, 5) is 26.4. The van der Waals surface area contributed by atoms with Crippen LogP contribution in [0.5, 0.6) is 0 Å². The van der Waals surface area contributed by atoms with Crippen molar-refractivity contribution in [2.24, 2.45) is 0 Å². The number of rotatable bonds is 3. The van der Waals surface area contributed by atoms with Gasteiger partial charge in [0.15, 0.2) is 0 Å². The zero-order valence-corrected chi connectivity index (χ0v) is 10.6. The minimum Gasteiger partial charge on any atom is -0.477 e. The van der Waals surface area contributed by atoms with Crippen molar-refractivity contribution in [3.05, 3.63) is 59.2 Å². The highest BCUT2D eigenvalue weighted by molar-refractivity contribution is 6.05. The topological polar surface area (TPSA) is 79.3 Å². The van der Waals surface area contributed by atoms with Crippen LogP contribution in [0.15, 0.2) is 36.5 Å². The molecule has 2 aromatic rings. The molecule has 2 N–H and O–H groups in total. The van der Waals surface area contributed by atoms with Gasteiger partial charge in [-0.05, 0) is 42.8 Å². The maximum atomic E-state index is 13.1. The lowest BCUT2D eigenvalue weighted by Gasteiger charge is -2.07. The molecule has 1 aromatic heterocycles. The summed E-state index contributed by atoms with van der Waals surface area (Å²) in [5, 5.41) is 11.4. The molecule has 0 spiro atoms. The van der Waals surface area contributed by atoms with Gasteiger partial charge in [0, 0.05) is 17.4 Å². The SMILES string of the molecule is Cc1cc(NC(=O)c2ccnc(C(=O)O)c2)ccc1F. The third-order valence-corrected chi connectivity index (χ3v) is 2.66. The number of hydrogen-bond acceptors (Lipinski definition) is 3. The number of nitrogens with zero attached hydrogens (tertiary/aromatic N) is 1. The van der Waals surface area contributed by atoms with Crippen LogP contribution in [-0.4, -0.2) is 22.0 Å². The van der Waals surface area contributed by atoms with E-state index in [2.05, 4.69) is 10.3 Å². The number of hydrogen-bond donors (Lipinski definition) is 2. The first-order valence-corrected chi connectivity index (χ1v) is 5.74. The third kappa shape index (κ3) is 2.97. The largest absolute Gasteiger partial charge is 0.477 e. The number of carboxylic acids is 1. The van der Waals surface area contributed by atoms with Gasteiger partial charge < -0.3 is 10.4 Å². The second-order valence-electron chi connectivity index (χ2n) is 4.15. The van der Waals surface area contributed by atoms with Crippen molar-refractivity contribution in [3.8, 4) is 0 Å². The Morgan fingerprint density at radius 3 is 2.65 bits per heavy atom. The van der Waals surface area contributed by atoms with E-state index in [-0.39, 0.29) is 17.1 Å². The molecule has 0 bridgehead atoms. The highest BCUT2D eigenvalue weighted by Crippen LogP contribution is 2.15. The van der Waals surface area contributed by atoms with E-state index in [1.807, 2.05) is 0 Å². The molecule has 20 heavy (non-hydrogen) atoms. The molecular formula is C14H11FN2O3. The number of benzene rings is 1. The number of pyridine rings is 1. The maximum Gasteiger partial charge on any atom is 0.354 e. The number of carbonyl (C=O) groups excluding carboxylic acids is 1. The average Bonchev–Trinajstić information content (AvgIpc) is 2.43. The molecule has 0 unspecified atom stereocenters. The number of aryl methyl sites for hydroxylation is 1. The van der Waals surface area contributed by atoms with E-state index in [0.717, 1.165) is 0 Å². The van der Waals surface area contributed by atoms with E-state index in [1.165, 1.54) is 36.5 Å². The van der Waals surface area contributed by atoms with Crippen molar-refractivity contribution < 1.29 is 19.1 Å². The van der Waals surface area contributed by atoms with Crippen molar-refractivity contribution in [3.63, 3.8) is 0 Å². The number of nitrogens with one attached hydrogen (secondary N) is 1. The molecule has 0 fully saturated rings. The van der Waals surface area contributed by atoms with Gasteiger partial charge in [0.25, 0.3) is 5.91 Å². The van der Waals surface area contributed by atoms with E-state index in [9.17, 15) is 14.0 Å². The fourth-order valence-electron chi connectivity index (χ4n) is 1.61. The summed E-state index contributed by atoms with van der Waals surface area (Å²) in [6.07, 6.45) is 1.24. The predicted molar refractivity (Wildman–Crippen MR) is 70.3 cm³/mol. The minimum atomic E-state index is -1.21. The van der Waals surface area contributed by atoms with E-state index in [1.54, 1.807) is 6.92 Å². The first-order valence-electron chi connectivity index (χ1n) is 5.74. The molecule has 0 aliphatic heterocycles. The zero-order chi connectivity index (χ0) is 14.7. The molecule has 0 radical (unpaired) electrons. The number of amides is 1. The second kappa shape index (κ2) is 5.48. The molecule has 0 aliphatic rings. The summed E-state index contributed by atoms with van der Waals surface area (Å²) in [6, 6.07) is 6.75. The minimum absolute atomic E-state index is 0.166. The predicted octanol–water partition coefficient (Wildman–Crippen LogP) is 2.48. The number of aromatic nitrogens is 1. The Hall–Kier alpha value is -2.76. The summed E-state index contributed by atoms with van der Waals surface area (Å²) in [6.45, 7) is 1.58. The molecule has 0 saturated heterocycles. The summed E-state index contributed by atoms with van der Waals surface area (Å²) in [7, 11) is 0. The highest BCUT2D eigenvalue weighted by atomic mass is 19.1. The van der Waals surface area contributed by atoms with Crippen molar-refractivity contribution in [2.75, 3.05) is 5.32 Å². The third-order valence-electron chi connectivity index (χ3n) is 2.66. The van der Waals surface area contributed by atoms with E-state index in [4.69, 9.17) is 5.11 Å². The van der Waals surface area contributed by atoms with E-state index in [0.29, 0.717) is 11.3 Å². The Balaban J connectivity index is 2.21. The number of halogens is 1. The van der Waals surface area contributed by atoms with Gasteiger partial charge in [-0.3, -0.25) is 4.79 Å². The molecule has 2 rings (SSSR count). The quantitative estimate of drug-likeness (QED) is 0.901. The molecular weight excluding hydrogens is 263 g/mol. The van der Waals surface area contributed by atoms with Gasteiger partial charge in [0.05, 0.1) is 0 Å². The second-order valence-corrected chi connectivity index (χ2v) is 4.15. The Kier molecular flexibility index (Phi) is 3.74. The van der Waals surface area contributed by atoms with Gasteiger partial charge in [-0.15, -0.1) is 0 Å². The monoisotopic (exact) mass is 274 g/mol. The normalized spacial score (nSPS) is 10.1. The standard InChI is InChI=1S/C14H11FN2O3/c1-8-6-10(2-3-11(8)15)17-13(18)9-4-5-16-12(7-9)14(19)20/h2-7H,1H3,(H,17,18)(H,19,20). The van der Waals surface area contributed by atoms with Crippen LogP contribution >= 0.6 is 0 Å². The molecule has 0 aliphatic carbocycles. The molecule has 1 amide bonds. The van der Waals surface area contributed by atoms with Crippen molar-refractivity contribution >= 4 is 17.6 Å². The summed E-state index contributed by atoms with van der Waals surface area (Å²) in [5.74, 6) is -2.06. The molecule has 1 aromatic carbocycles. The Bertz CT molecular complexity index is 686. The van der Waals surface area contributed by atoms with Crippen molar-refractivity contribution in [1.29, 1.82) is 0 Å². The lowest BCUT2D eigenvalue weighted by Crippen LogP contribution is -2.13. The summed E-state index contributed by atoms with van der Waals surface area (Å²) < 4.78 is 13.1. The van der Waals surface area contributed by atoms with Gasteiger partial charge >= 0.3 is 5.97 Å². The Labute approximate surface area is 114 Å². The van der Waals surface area contributed by atoms with E-state index >= 15 is 0 Å². The van der Waals surface area contributed by atoms with Crippen LogP contribution < -0.4 is 5.32 Å². The maximum absolute atomic E-state index is 13.1. The van der Waals surface area contributed by atoms with Crippen LogP contribution in [0.2, 0.25) is 0 Å². The Morgan fingerprint density at radius 1 is 1.25 bits per heavy atom. The number of aromatic carboxylic acids is 1. The summed E-state index contributed by atoms with van der Waals surface area (Å²) in [5.41, 5.74) is 0.790. The molecule has 1 heterocycles. The molecule has 0 saturated carbocycles. The average molecular weight is 274 g/mol. The van der Waals surface area contributed by atoms with Crippen LogP contribution in [-0.2, 0) is 0 Å². The fraction of sp³-hybridized carbons (Fsp3) is 0.0714. The van der Waals surface area contributed by atoms with Gasteiger partial charge in [0.2, 0.25) is 0 Å². The van der Waals surface area contributed by atoms with Crippen LogP contribution in [0.1, 0.15) is 26.4 Å². The smallest absolute Gasteiger partial charge is 0.354 e. The fourth-order valence-corrected chi connectivity index (χ4v) is 1.61. The van der Waals surface area contributed by atoms with Crippen LogP contribution in [0.25, 0.3) is 0 Å². The zero-order valence-electron chi connectivity index (χ0n) is 10.6. The Morgan fingerprint density at radius 2 is 2.00 bits per heavy atom. The van der Waals surface area contributed by atoms with Gasteiger partial charge in [-0.1, -0.05) is 0 Å². The summed E-state index contributed by atoms with van der Waals surface area (Å²) >= 11 is 0. The van der Waals surface area contributed by atoms with Gasteiger partial charge in [-0.2, -0.15) is 0 Å². The van der Waals surface area contributed by atoms with Gasteiger partial charge in [0.1, 0.15) is 11.5 Å². The van der Waals surface area contributed by atoms with E-state index < -0.39 is 11.9 Å². The first kappa shape index (κ1) is 13.7. The highest BCUT2D eigenvalue weighted by Gasteiger charge is 2.11. The molecule has 0 atom stereocenters. The van der Waals surface area contributed by atoms with Crippen LogP contribution in [0.3, 0.4) is 0 Å². The van der Waals surface area contributed by atoms with Crippen LogP contribution in [0.4, 0.5) is 10.1 Å². The molecule has 102 valence electrons. The molecule has 6 heteroatoms. The van der Waals surface area contributed by atoms with Crippen molar-refractivity contribution in [1.82, 2.24) is 4.98 Å². The van der Waals surface area contributed by atoms with Gasteiger partial charge in [-0.25, -0.2) is 14.2 Å². The van der Waals surface area contributed by atoms with Crippen molar-refractivity contribution in [2.45, 2.75) is 6.92 Å². The lowest BCUT2D eigenvalue weighted by atomic mass is 10.2. The first-order chi connectivity index (χ1) is 9.47. The lowest BCUT2D eigenvalue weighted by molar-refractivity contribution is 0.0690. The number of anilines is 1. The van der Waals surface area contributed by atoms with Crippen LogP contribution in [0, 0.1) is 12.7 Å². The number of carbonyl (C=O) groups is 2.